The van der Waals surface area contributed by atoms with Crippen molar-refractivity contribution in [2.75, 3.05) is 0 Å². The van der Waals surface area contributed by atoms with Crippen molar-refractivity contribution in [3.63, 3.8) is 0 Å². The Kier molecular flexibility index (Phi) is 3.99. The van der Waals surface area contributed by atoms with Crippen LogP contribution in [-0.4, -0.2) is 21.1 Å². The largest absolute Gasteiger partial charge is 0.250 e. The van der Waals surface area contributed by atoms with Gasteiger partial charge in [0.15, 0.2) is 5.82 Å². The van der Waals surface area contributed by atoms with E-state index in [-0.39, 0.29) is 5.82 Å². The molecule has 6 heteroatoms. The molecule has 2 rings (SSSR count). The molecule has 1 N–H and O–H groups in total. The molecule has 1 aromatic heterocycles. The highest BCUT2D eigenvalue weighted by Gasteiger charge is 2.03. The minimum Gasteiger partial charge on any atom is -0.250 e. The molecule has 0 bridgehead atoms. The Morgan fingerprint density at radius 1 is 1.50 bits per heavy atom. The molecule has 0 fully saturated rings. The monoisotopic (exact) mass is 264 g/mol. The molecule has 0 spiro atoms. The van der Waals surface area contributed by atoms with E-state index in [1.54, 1.807) is 18.2 Å². The van der Waals surface area contributed by atoms with Crippen molar-refractivity contribution in [3.8, 4) is 0 Å². The van der Waals surface area contributed by atoms with Crippen LogP contribution in [0.2, 0.25) is 0 Å². The summed E-state index contributed by atoms with van der Waals surface area (Å²) >= 11 is 5.07. The number of benzene rings is 1. The molecule has 0 saturated heterocycles. The van der Waals surface area contributed by atoms with Gasteiger partial charge in [0.25, 0.3) is 0 Å². The van der Waals surface area contributed by atoms with E-state index in [2.05, 4.69) is 15.3 Å². The molecule has 0 saturated carbocycles. The first-order valence-corrected chi connectivity index (χ1v) is 6.08. The Bertz CT molecular complexity index is 615. The molecular weight excluding hydrogens is 251 g/mol. The molecule has 18 heavy (non-hydrogen) atoms. The first-order valence-electron chi connectivity index (χ1n) is 5.67. The molecule has 1 aromatic carbocycles. The van der Waals surface area contributed by atoms with Crippen LogP contribution >= 0.6 is 12.2 Å². The Labute approximate surface area is 109 Å². The van der Waals surface area contributed by atoms with Gasteiger partial charge in [-0.1, -0.05) is 25.1 Å². The lowest BCUT2D eigenvalue weighted by atomic mass is 10.2. The van der Waals surface area contributed by atoms with Crippen LogP contribution in [0.4, 0.5) is 4.39 Å². The van der Waals surface area contributed by atoms with Gasteiger partial charge in [-0.05, 0) is 24.7 Å². The zero-order valence-corrected chi connectivity index (χ0v) is 10.7. The van der Waals surface area contributed by atoms with Gasteiger partial charge in [0.05, 0.1) is 6.21 Å². The lowest BCUT2D eigenvalue weighted by Crippen LogP contribution is -1.99. The van der Waals surface area contributed by atoms with E-state index in [4.69, 9.17) is 12.2 Å². The third kappa shape index (κ3) is 2.70. The number of nitrogens with zero attached hydrogens (tertiary/aromatic N) is 3. The highest BCUT2D eigenvalue weighted by atomic mass is 32.1. The number of aromatic amines is 1. The van der Waals surface area contributed by atoms with Gasteiger partial charge in [-0.15, -0.1) is 0 Å². The van der Waals surface area contributed by atoms with Gasteiger partial charge in [-0.2, -0.15) is 14.9 Å². The smallest absolute Gasteiger partial charge is 0.216 e. The average Bonchev–Trinajstić information content (AvgIpc) is 2.70. The standard InChI is InChI=1S/C12H13FN4S/c1-2-5-11-15-16-12(18)17(11)14-8-9-6-3-4-7-10(9)13/h3-4,6-8H,2,5H2,1H3,(H,16,18)/b14-8+. The summed E-state index contributed by atoms with van der Waals surface area (Å²) in [6.45, 7) is 2.04. The number of hydrogen-bond acceptors (Lipinski definition) is 3. The Morgan fingerprint density at radius 2 is 2.28 bits per heavy atom. The zero-order chi connectivity index (χ0) is 13.0. The van der Waals surface area contributed by atoms with Gasteiger partial charge in [-0.3, -0.25) is 5.10 Å². The maximum Gasteiger partial charge on any atom is 0.216 e. The van der Waals surface area contributed by atoms with Crippen LogP contribution in [0.25, 0.3) is 0 Å². The summed E-state index contributed by atoms with van der Waals surface area (Å²) < 4.78 is 15.3. The van der Waals surface area contributed by atoms with E-state index in [0.29, 0.717) is 10.3 Å². The van der Waals surface area contributed by atoms with E-state index in [9.17, 15) is 4.39 Å². The molecule has 0 atom stereocenters. The van der Waals surface area contributed by atoms with E-state index in [1.165, 1.54) is 17.0 Å². The van der Waals surface area contributed by atoms with Crippen LogP contribution in [-0.2, 0) is 6.42 Å². The predicted octanol–water partition coefficient (Wildman–Crippen LogP) is 2.91. The highest BCUT2D eigenvalue weighted by Crippen LogP contribution is 2.05. The van der Waals surface area contributed by atoms with Gasteiger partial charge < -0.3 is 0 Å². The minimum absolute atomic E-state index is 0.312. The highest BCUT2D eigenvalue weighted by molar-refractivity contribution is 7.71. The average molecular weight is 264 g/mol. The molecule has 0 aliphatic carbocycles. The van der Waals surface area contributed by atoms with Crippen LogP contribution in [0.1, 0.15) is 24.7 Å². The molecule has 0 unspecified atom stereocenters. The summed E-state index contributed by atoms with van der Waals surface area (Å²) in [5.41, 5.74) is 0.419. The zero-order valence-electron chi connectivity index (χ0n) is 9.93. The van der Waals surface area contributed by atoms with Crippen LogP contribution < -0.4 is 0 Å². The number of aromatic nitrogens is 3. The van der Waals surface area contributed by atoms with Crippen molar-refractivity contribution >= 4 is 18.4 Å². The molecule has 2 aromatic rings. The fraction of sp³-hybridized carbons (Fsp3) is 0.250. The van der Waals surface area contributed by atoms with E-state index >= 15 is 0 Å². The first-order chi connectivity index (χ1) is 8.72. The van der Waals surface area contributed by atoms with Crippen LogP contribution in [0.3, 0.4) is 0 Å². The Balaban J connectivity index is 2.32. The first kappa shape index (κ1) is 12.6. The van der Waals surface area contributed by atoms with Crippen molar-refractivity contribution in [1.29, 1.82) is 0 Å². The van der Waals surface area contributed by atoms with Gasteiger partial charge in [0.2, 0.25) is 4.77 Å². The number of aryl methyl sites for hydroxylation is 1. The van der Waals surface area contributed by atoms with E-state index in [0.717, 1.165) is 18.7 Å². The van der Waals surface area contributed by atoms with E-state index < -0.39 is 0 Å². The summed E-state index contributed by atoms with van der Waals surface area (Å²) in [4.78, 5) is 0. The van der Waals surface area contributed by atoms with Crippen molar-refractivity contribution in [2.45, 2.75) is 19.8 Å². The van der Waals surface area contributed by atoms with Crippen LogP contribution in [0, 0.1) is 10.6 Å². The van der Waals surface area contributed by atoms with Gasteiger partial charge in [0, 0.05) is 12.0 Å². The molecule has 0 radical (unpaired) electrons. The summed E-state index contributed by atoms with van der Waals surface area (Å²) in [5.74, 6) is 0.434. The second-order valence-electron chi connectivity index (χ2n) is 3.77. The molecule has 0 aliphatic heterocycles. The quantitative estimate of drug-likeness (QED) is 0.681. The second kappa shape index (κ2) is 5.68. The van der Waals surface area contributed by atoms with Crippen LogP contribution in [0.5, 0.6) is 0 Å². The number of rotatable bonds is 4. The van der Waals surface area contributed by atoms with E-state index in [1.807, 2.05) is 6.92 Å². The third-order valence-corrected chi connectivity index (χ3v) is 2.67. The lowest BCUT2D eigenvalue weighted by Gasteiger charge is -1.99. The fourth-order valence-corrected chi connectivity index (χ4v) is 1.73. The molecule has 0 amide bonds. The normalized spacial score (nSPS) is 11.2. The molecule has 4 nitrogen and oxygen atoms in total. The second-order valence-corrected chi connectivity index (χ2v) is 4.16. The summed E-state index contributed by atoms with van der Waals surface area (Å²) in [7, 11) is 0. The van der Waals surface area contributed by atoms with Gasteiger partial charge >= 0.3 is 0 Å². The van der Waals surface area contributed by atoms with Gasteiger partial charge in [-0.25, -0.2) is 4.39 Å². The summed E-state index contributed by atoms with van der Waals surface area (Å²) in [6, 6.07) is 6.44. The van der Waals surface area contributed by atoms with Gasteiger partial charge in [0.1, 0.15) is 5.82 Å². The topological polar surface area (TPSA) is 46.0 Å². The van der Waals surface area contributed by atoms with Crippen LogP contribution in [0.15, 0.2) is 29.4 Å². The maximum absolute atomic E-state index is 13.4. The van der Waals surface area contributed by atoms with Crippen molar-refractivity contribution in [2.24, 2.45) is 5.10 Å². The molecule has 1 heterocycles. The fourth-order valence-electron chi connectivity index (χ4n) is 1.53. The number of hydrogen-bond donors (Lipinski definition) is 1. The summed E-state index contributed by atoms with van der Waals surface area (Å²) in [6.07, 6.45) is 3.15. The lowest BCUT2D eigenvalue weighted by molar-refractivity contribution is 0.625. The molecule has 0 aliphatic rings. The number of nitrogens with one attached hydrogen (secondary N) is 1. The minimum atomic E-state index is -0.312. The maximum atomic E-state index is 13.4. The predicted molar refractivity (Wildman–Crippen MR) is 70.8 cm³/mol. The Morgan fingerprint density at radius 3 is 3.00 bits per heavy atom. The Hall–Kier alpha value is -1.82. The number of halogens is 1. The van der Waals surface area contributed by atoms with Crippen molar-refractivity contribution in [3.05, 3.63) is 46.2 Å². The van der Waals surface area contributed by atoms with Crippen molar-refractivity contribution in [1.82, 2.24) is 14.9 Å². The summed E-state index contributed by atoms with van der Waals surface area (Å²) in [5, 5.41) is 10.9. The number of H-pyrrole nitrogens is 1. The molecular formula is C12H13FN4S. The third-order valence-electron chi connectivity index (χ3n) is 2.41. The SMILES string of the molecule is CCCc1n[nH]c(=S)n1/N=C/c1ccccc1F. The van der Waals surface area contributed by atoms with Crippen molar-refractivity contribution < 1.29 is 4.39 Å². The molecule has 94 valence electrons.